The molecule has 0 saturated heterocycles. The molecular formula is C16H22N4O3S2. The summed E-state index contributed by atoms with van der Waals surface area (Å²) in [6.45, 7) is 1.89. The number of carbonyl (C=O) groups is 1. The summed E-state index contributed by atoms with van der Waals surface area (Å²) >= 11 is 1.63. The number of carbonyl (C=O) groups excluding carboxylic acids is 1. The third-order valence-corrected chi connectivity index (χ3v) is 6.17. The molecule has 1 amide bonds. The zero-order chi connectivity index (χ0) is 17.9. The van der Waals surface area contributed by atoms with E-state index in [1.165, 1.54) is 16.1 Å². The minimum Gasteiger partial charge on any atom is -0.350 e. The maximum Gasteiger partial charge on any atom is 0.220 e. The first-order valence-corrected chi connectivity index (χ1v) is 11.0. The van der Waals surface area contributed by atoms with Gasteiger partial charge in [-0.2, -0.15) is 20.7 Å². The molecule has 9 heteroatoms. The number of nitrogens with zero attached hydrogens (tertiary/aromatic N) is 3. The molecule has 0 aliphatic carbocycles. The quantitative estimate of drug-likeness (QED) is 0.818. The molecule has 0 saturated carbocycles. The van der Waals surface area contributed by atoms with E-state index in [9.17, 15) is 13.2 Å². The Hall–Kier alpha value is -1.71. The summed E-state index contributed by atoms with van der Waals surface area (Å²) in [5, 5.41) is 11.4. The van der Waals surface area contributed by atoms with Crippen LogP contribution in [0.25, 0.3) is 0 Å². The van der Waals surface area contributed by atoms with Crippen LogP contribution in [0.2, 0.25) is 0 Å². The van der Waals surface area contributed by atoms with Crippen molar-refractivity contribution >= 4 is 27.3 Å². The molecule has 0 radical (unpaired) electrons. The summed E-state index contributed by atoms with van der Waals surface area (Å²) in [5.74, 6) is -0.00726. The normalized spacial score (nSPS) is 15.6. The number of hydrogen-bond donors (Lipinski definition) is 1. The van der Waals surface area contributed by atoms with Crippen molar-refractivity contribution in [1.82, 2.24) is 19.4 Å². The monoisotopic (exact) mass is 382 g/mol. The van der Waals surface area contributed by atoms with Crippen molar-refractivity contribution in [3.8, 4) is 0 Å². The summed E-state index contributed by atoms with van der Waals surface area (Å²) in [4.78, 5) is 12.0. The van der Waals surface area contributed by atoms with Crippen LogP contribution >= 0.6 is 11.3 Å². The molecule has 1 aliphatic heterocycles. The molecule has 0 fully saturated rings. The highest BCUT2D eigenvalue weighted by molar-refractivity contribution is 7.88. The fraction of sp³-hybridized carbons (Fsp3) is 0.500. The summed E-state index contributed by atoms with van der Waals surface area (Å²) in [6, 6.07) is 3.90. The van der Waals surface area contributed by atoms with Crippen molar-refractivity contribution in [2.24, 2.45) is 0 Å². The standard InChI is InChI=1S/C16H22N4O3S2/c1-25(22,23)19-6-2-7-20-15(11-19)9-14(18-20)10-17-16(21)4-3-13-5-8-24-12-13/h5,8-9,12H,2-4,6-7,10-11H2,1H3,(H,17,21). The Morgan fingerprint density at radius 3 is 2.96 bits per heavy atom. The zero-order valence-electron chi connectivity index (χ0n) is 14.1. The number of fused-ring (bicyclic) bond motifs is 1. The van der Waals surface area contributed by atoms with Gasteiger partial charge in [0.1, 0.15) is 0 Å². The Bertz CT molecular complexity index is 828. The molecule has 0 atom stereocenters. The van der Waals surface area contributed by atoms with Gasteiger partial charge in [-0.1, -0.05) is 0 Å². The highest BCUT2D eigenvalue weighted by Crippen LogP contribution is 2.16. The molecule has 2 aromatic rings. The van der Waals surface area contributed by atoms with Crippen LogP contribution in [0.15, 0.2) is 22.9 Å². The smallest absolute Gasteiger partial charge is 0.220 e. The fourth-order valence-corrected chi connectivity index (χ4v) is 4.36. The van der Waals surface area contributed by atoms with Crippen LogP contribution in [0.5, 0.6) is 0 Å². The van der Waals surface area contributed by atoms with Crippen LogP contribution in [-0.2, 0) is 40.9 Å². The topological polar surface area (TPSA) is 84.3 Å². The van der Waals surface area contributed by atoms with Crippen molar-refractivity contribution in [2.45, 2.75) is 38.9 Å². The molecule has 0 spiro atoms. The van der Waals surface area contributed by atoms with Crippen molar-refractivity contribution < 1.29 is 13.2 Å². The summed E-state index contributed by atoms with van der Waals surface area (Å²) in [6.07, 6.45) is 3.15. The van der Waals surface area contributed by atoms with Gasteiger partial charge in [0.25, 0.3) is 0 Å². The molecule has 1 aliphatic rings. The van der Waals surface area contributed by atoms with Crippen LogP contribution in [0.3, 0.4) is 0 Å². The number of aryl methyl sites for hydroxylation is 2. The van der Waals surface area contributed by atoms with Gasteiger partial charge in [-0.3, -0.25) is 9.48 Å². The SMILES string of the molecule is CS(=O)(=O)N1CCCn2nc(CNC(=O)CCc3ccsc3)cc2C1. The van der Waals surface area contributed by atoms with Crippen LogP contribution in [0.4, 0.5) is 0 Å². The van der Waals surface area contributed by atoms with Gasteiger partial charge >= 0.3 is 0 Å². The molecule has 0 bridgehead atoms. The molecule has 3 rings (SSSR count). The number of aromatic nitrogens is 2. The minimum absolute atomic E-state index is 0.00726. The van der Waals surface area contributed by atoms with E-state index in [0.29, 0.717) is 32.6 Å². The van der Waals surface area contributed by atoms with E-state index in [2.05, 4.69) is 10.4 Å². The lowest BCUT2D eigenvalue weighted by atomic mass is 10.2. The van der Waals surface area contributed by atoms with Crippen LogP contribution in [0, 0.1) is 0 Å². The average Bonchev–Trinajstić information content (AvgIpc) is 3.15. The lowest BCUT2D eigenvalue weighted by Gasteiger charge is -2.16. The van der Waals surface area contributed by atoms with Crippen molar-refractivity contribution in [3.63, 3.8) is 0 Å². The Labute approximate surface area is 151 Å². The predicted octanol–water partition coefficient (Wildman–Crippen LogP) is 1.36. The van der Waals surface area contributed by atoms with Gasteiger partial charge in [-0.25, -0.2) is 8.42 Å². The fourth-order valence-electron chi connectivity index (χ4n) is 2.83. The number of amides is 1. The summed E-state index contributed by atoms with van der Waals surface area (Å²) in [5.41, 5.74) is 2.80. The van der Waals surface area contributed by atoms with E-state index in [1.807, 2.05) is 27.6 Å². The summed E-state index contributed by atoms with van der Waals surface area (Å²) in [7, 11) is -3.21. The van der Waals surface area contributed by atoms with Gasteiger partial charge in [0.05, 0.1) is 30.7 Å². The maximum absolute atomic E-state index is 12.0. The van der Waals surface area contributed by atoms with E-state index in [-0.39, 0.29) is 5.91 Å². The molecule has 25 heavy (non-hydrogen) atoms. The van der Waals surface area contributed by atoms with Crippen LogP contribution in [-0.4, -0.2) is 41.2 Å². The van der Waals surface area contributed by atoms with E-state index >= 15 is 0 Å². The molecule has 136 valence electrons. The molecule has 1 N–H and O–H groups in total. The van der Waals surface area contributed by atoms with E-state index in [0.717, 1.165) is 24.2 Å². The molecule has 0 unspecified atom stereocenters. The number of hydrogen-bond acceptors (Lipinski definition) is 5. The number of sulfonamides is 1. The average molecular weight is 383 g/mol. The highest BCUT2D eigenvalue weighted by atomic mass is 32.2. The Kier molecular flexibility index (Phi) is 5.55. The maximum atomic E-state index is 12.0. The van der Waals surface area contributed by atoms with Crippen LogP contribution < -0.4 is 5.32 Å². The van der Waals surface area contributed by atoms with Crippen molar-refractivity contribution in [2.75, 3.05) is 12.8 Å². The summed E-state index contributed by atoms with van der Waals surface area (Å²) < 4.78 is 26.9. The molecule has 7 nitrogen and oxygen atoms in total. The van der Waals surface area contributed by atoms with Gasteiger partial charge in [-0.15, -0.1) is 0 Å². The third kappa shape index (κ3) is 4.90. The Morgan fingerprint density at radius 2 is 2.24 bits per heavy atom. The first-order chi connectivity index (χ1) is 11.9. The third-order valence-electron chi connectivity index (χ3n) is 4.19. The van der Waals surface area contributed by atoms with Gasteiger partial charge in [-0.05, 0) is 41.3 Å². The van der Waals surface area contributed by atoms with Gasteiger partial charge in [0.15, 0.2) is 0 Å². The molecular weight excluding hydrogens is 360 g/mol. The van der Waals surface area contributed by atoms with Gasteiger partial charge in [0.2, 0.25) is 15.9 Å². The molecule has 3 heterocycles. The predicted molar refractivity (Wildman–Crippen MR) is 96.6 cm³/mol. The second-order valence-corrected chi connectivity index (χ2v) is 8.97. The van der Waals surface area contributed by atoms with E-state index < -0.39 is 10.0 Å². The van der Waals surface area contributed by atoms with Crippen molar-refractivity contribution in [3.05, 3.63) is 39.8 Å². The number of rotatable bonds is 6. The van der Waals surface area contributed by atoms with Gasteiger partial charge < -0.3 is 5.32 Å². The Morgan fingerprint density at radius 1 is 1.40 bits per heavy atom. The highest BCUT2D eigenvalue weighted by Gasteiger charge is 2.22. The largest absolute Gasteiger partial charge is 0.350 e. The van der Waals surface area contributed by atoms with Crippen molar-refractivity contribution in [1.29, 1.82) is 0 Å². The van der Waals surface area contributed by atoms with E-state index in [4.69, 9.17) is 0 Å². The lowest BCUT2D eigenvalue weighted by molar-refractivity contribution is -0.121. The number of nitrogens with one attached hydrogen (secondary N) is 1. The second kappa shape index (κ2) is 7.67. The lowest BCUT2D eigenvalue weighted by Crippen LogP contribution is -2.29. The first-order valence-electron chi connectivity index (χ1n) is 8.20. The van der Waals surface area contributed by atoms with Gasteiger partial charge in [0, 0.05) is 19.5 Å². The second-order valence-electron chi connectivity index (χ2n) is 6.21. The van der Waals surface area contributed by atoms with Crippen LogP contribution in [0.1, 0.15) is 29.8 Å². The minimum atomic E-state index is -3.21. The number of thiophene rings is 1. The molecule has 2 aromatic heterocycles. The Balaban J connectivity index is 1.55. The zero-order valence-corrected chi connectivity index (χ0v) is 15.8. The first kappa shape index (κ1) is 18.1. The molecule has 0 aromatic carbocycles. The van der Waals surface area contributed by atoms with E-state index in [1.54, 1.807) is 11.3 Å².